The lowest BCUT2D eigenvalue weighted by atomic mass is 10.3. The second-order valence-electron chi connectivity index (χ2n) is 2.78. The molecule has 0 spiro atoms. The average molecular weight is 264 g/mol. The molecule has 0 aliphatic carbocycles. The van der Waals surface area contributed by atoms with Gasteiger partial charge in [0.2, 0.25) is 10.0 Å². The van der Waals surface area contributed by atoms with E-state index in [-0.39, 0.29) is 10.6 Å². The summed E-state index contributed by atoms with van der Waals surface area (Å²) in [7, 11) is -4.01. The Bertz CT molecular complexity index is 519. The summed E-state index contributed by atoms with van der Waals surface area (Å²) in [6.07, 6.45) is 0. The number of nitrogens with one attached hydrogen (secondary N) is 1. The Hall–Kier alpha value is -1.61. The maximum absolute atomic E-state index is 11.2. The maximum atomic E-state index is 11.2. The molecule has 7 nitrogen and oxygen atoms in total. The average Bonchev–Trinajstić information content (AvgIpc) is 2.48. The van der Waals surface area contributed by atoms with Gasteiger partial charge in [0.25, 0.3) is 5.91 Å². The van der Waals surface area contributed by atoms with Crippen LogP contribution in [0, 0.1) is 0 Å². The van der Waals surface area contributed by atoms with Crippen molar-refractivity contribution >= 4 is 38.2 Å². The van der Waals surface area contributed by atoms with Gasteiger partial charge in [0.15, 0.2) is 5.75 Å². The fourth-order valence-electron chi connectivity index (χ4n) is 0.922. The SMILES string of the molecule is NC(=O)c1ccsc1NS(=O)(=O)CC(=O)O. The Morgan fingerprint density at radius 1 is 1.50 bits per heavy atom. The molecule has 1 heterocycles. The Morgan fingerprint density at radius 3 is 2.62 bits per heavy atom. The van der Waals surface area contributed by atoms with E-state index in [2.05, 4.69) is 0 Å². The van der Waals surface area contributed by atoms with E-state index in [9.17, 15) is 18.0 Å². The van der Waals surface area contributed by atoms with Gasteiger partial charge in [0.1, 0.15) is 5.00 Å². The van der Waals surface area contributed by atoms with Crippen LogP contribution in [0.5, 0.6) is 0 Å². The van der Waals surface area contributed by atoms with Gasteiger partial charge >= 0.3 is 5.97 Å². The van der Waals surface area contributed by atoms with Crippen LogP contribution in [0.3, 0.4) is 0 Å². The number of hydrogen-bond acceptors (Lipinski definition) is 5. The zero-order valence-electron chi connectivity index (χ0n) is 7.84. The van der Waals surface area contributed by atoms with Gasteiger partial charge in [-0.05, 0) is 11.4 Å². The predicted octanol–water partition coefficient (Wildman–Crippen LogP) is -0.327. The number of carboxylic acid groups (broad SMARTS) is 1. The van der Waals surface area contributed by atoms with Gasteiger partial charge in [-0.2, -0.15) is 0 Å². The second-order valence-corrected chi connectivity index (χ2v) is 5.42. The molecule has 0 unspecified atom stereocenters. The van der Waals surface area contributed by atoms with E-state index in [0.717, 1.165) is 11.3 Å². The molecule has 9 heteroatoms. The molecule has 1 rings (SSSR count). The summed E-state index contributed by atoms with van der Waals surface area (Å²) in [5.41, 5.74) is 5.01. The third-order valence-electron chi connectivity index (χ3n) is 1.49. The van der Waals surface area contributed by atoms with Crippen molar-refractivity contribution in [3.05, 3.63) is 17.0 Å². The van der Waals surface area contributed by atoms with Gasteiger partial charge in [0.05, 0.1) is 5.56 Å². The van der Waals surface area contributed by atoms with E-state index < -0.39 is 27.7 Å². The zero-order chi connectivity index (χ0) is 12.3. The predicted molar refractivity (Wildman–Crippen MR) is 57.9 cm³/mol. The highest BCUT2D eigenvalue weighted by Gasteiger charge is 2.19. The van der Waals surface area contributed by atoms with E-state index in [1.807, 2.05) is 4.72 Å². The molecular formula is C7H8N2O5S2. The first-order valence-electron chi connectivity index (χ1n) is 3.91. The Kier molecular flexibility index (Phi) is 3.50. The summed E-state index contributed by atoms with van der Waals surface area (Å²) >= 11 is 0.948. The number of thiophene rings is 1. The normalized spacial score (nSPS) is 11.0. The van der Waals surface area contributed by atoms with E-state index in [1.54, 1.807) is 0 Å². The number of carbonyl (C=O) groups excluding carboxylic acids is 1. The summed E-state index contributed by atoms with van der Waals surface area (Å²) < 4.78 is 24.5. The van der Waals surface area contributed by atoms with Crippen molar-refractivity contribution in [3.63, 3.8) is 0 Å². The molecule has 1 amide bonds. The zero-order valence-corrected chi connectivity index (χ0v) is 9.47. The van der Waals surface area contributed by atoms with E-state index >= 15 is 0 Å². The van der Waals surface area contributed by atoms with Crippen LogP contribution in [0.15, 0.2) is 11.4 Å². The first kappa shape index (κ1) is 12.5. The van der Waals surface area contributed by atoms with Crippen LogP contribution in [0.25, 0.3) is 0 Å². The molecular weight excluding hydrogens is 256 g/mol. The number of nitrogens with two attached hydrogens (primary N) is 1. The third-order valence-corrected chi connectivity index (χ3v) is 3.59. The molecule has 0 aromatic carbocycles. The molecule has 0 aliphatic heterocycles. The summed E-state index contributed by atoms with van der Waals surface area (Å²) in [6, 6.07) is 1.35. The van der Waals surface area contributed by atoms with E-state index in [4.69, 9.17) is 10.8 Å². The largest absolute Gasteiger partial charge is 0.480 e. The van der Waals surface area contributed by atoms with Gasteiger partial charge < -0.3 is 10.8 Å². The standard InChI is InChI=1S/C7H8N2O5S2/c8-6(12)4-1-2-15-7(4)9-16(13,14)3-5(10)11/h1-2,9H,3H2,(H2,8,12)(H,10,11). The lowest BCUT2D eigenvalue weighted by Gasteiger charge is -2.04. The molecule has 4 N–H and O–H groups in total. The van der Waals surface area contributed by atoms with E-state index in [0.29, 0.717) is 0 Å². The molecule has 0 atom stereocenters. The molecule has 1 aromatic heterocycles. The van der Waals surface area contributed by atoms with Crippen molar-refractivity contribution in [2.45, 2.75) is 0 Å². The van der Waals surface area contributed by atoms with Crippen molar-refractivity contribution in [1.29, 1.82) is 0 Å². The van der Waals surface area contributed by atoms with E-state index in [1.165, 1.54) is 11.4 Å². The van der Waals surface area contributed by atoms with Crippen molar-refractivity contribution < 1.29 is 23.1 Å². The molecule has 0 aliphatic rings. The quantitative estimate of drug-likeness (QED) is 0.671. The summed E-state index contributed by atoms with van der Waals surface area (Å²) in [5.74, 6) is -3.33. The fourth-order valence-corrected chi connectivity index (χ4v) is 2.92. The van der Waals surface area contributed by atoms with Gasteiger partial charge in [-0.1, -0.05) is 0 Å². The Balaban J connectivity index is 2.92. The molecule has 0 saturated carbocycles. The molecule has 0 saturated heterocycles. The van der Waals surface area contributed by atoms with Crippen LogP contribution in [0.4, 0.5) is 5.00 Å². The number of amides is 1. The highest BCUT2D eigenvalue weighted by atomic mass is 32.2. The molecule has 1 aromatic rings. The molecule has 0 fully saturated rings. The molecule has 88 valence electrons. The molecule has 16 heavy (non-hydrogen) atoms. The van der Waals surface area contributed by atoms with Crippen LogP contribution < -0.4 is 10.5 Å². The van der Waals surface area contributed by atoms with Crippen LogP contribution in [-0.2, 0) is 14.8 Å². The number of aliphatic carboxylic acids is 1. The van der Waals surface area contributed by atoms with Crippen molar-refractivity contribution in [2.75, 3.05) is 10.5 Å². The molecule has 0 radical (unpaired) electrons. The topological polar surface area (TPSA) is 127 Å². The van der Waals surface area contributed by atoms with Gasteiger partial charge in [-0.3, -0.25) is 14.3 Å². The van der Waals surface area contributed by atoms with Crippen molar-refractivity contribution in [1.82, 2.24) is 0 Å². The first-order valence-corrected chi connectivity index (χ1v) is 6.44. The summed E-state index contributed by atoms with van der Waals surface area (Å²) in [5, 5.41) is 9.84. The molecule has 0 bridgehead atoms. The monoisotopic (exact) mass is 264 g/mol. The highest BCUT2D eigenvalue weighted by molar-refractivity contribution is 7.93. The number of sulfonamides is 1. The second kappa shape index (κ2) is 4.49. The lowest BCUT2D eigenvalue weighted by molar-refractivity contribution is -0.134. The number of carbonyl (C=O) groups is 2. The minimum atomic E-state index is -4.01. The van der Waals surface area contributed by atoms with Gasteiger partial charge in [0, 0.05) is 0 Å². The van der Waals surface area contributed by atoms with Crippen molar-refractivity contribution in [3.8, 4) is 0 Å². The summed E-state index contributed by atoms with van der Waals surface area (Å²) in [6.45, 7) is 0. The first-order chi connectivity index (χ1) is 7.32. The van der Waals surface area contributed by atoms with Crippen LogP contribution in [0.2, 0.25) is 0 Å². The van der Waals surface area contributed by atoms with Crippen LogP contribution in [-0.4, -0.2) is 31.2 Å². The number of anilines is 1. The maximum Gasteiger partial charge on any atom is 0.320 e. The van der Waals surface area contributed by atoms with Gasteiger partial charge in [-0.15, -0.1) is 11.3 Å². The van der Waals surface area contributed by atoms with Gasteiger partial charge in [-0.25, -0.2) is 8.42 Å². The Morgan fingerprint density at radius 2 is 2.12 bits per heavy atom. The fraction of sp³-hybridized carbons (Fsp3) is 0.143. The minimum absolute atomic E-state index is 0.0129. The summed E-state index contributed by atoms with van der Waals surface area (Å²) in [4.78, 5) is 21.1. The highest BCUT2D eigenvalue weighted by Crippen LogP contribution is 2.23. The number of primary amides is 1. The minimum Gasteiger partial charge on any atom is -0.480 e. The number of rotatable bonds is 5. The Labute approximate surface area is 94.9 Å². The third kappa shape index (κ3) is 3.21. The van der Waals surface area contributed by atoms with Crippen molar-refractivity contribution in [2.24, 2.45) is 5.73 Å². The number of carboxylic acids is 1. The van der Waals surface area contributed by atoms with Crippen LogP contribution in [0.1, 0.15) is 10.4 Å². The van der Waals surface area contributed by atoms with Crippen LogP contribution >= 0.6 is 11.3 Å². The number of hydrogen-bond donors (Lipinski definition) is 3. The smallest absolute Gasteiger partial charge is 0.320 e. The lowest BCUT2D eigenvalue weighted by Crippen LogP contribution is -2.23.